The van der Waals surface area contributed by atoms with Gasteiger partial charge < -0.3 is 9.88 Å². The van der Waals surface area contributed by atoms with E-state index < -0.39 is 4.92 Å². The highest BCUT2D eigenvalue weighted by Gasteiger charge is 2.21. The number of benzene rings is 1. The summed E-state index contributed by atoms with van der Waals surface area (Å²) in [5.74, 6) is 0.316. The lowest BCUT2D eigenvalue weighted by Crippen LogP contribution is -2.27. The first-order chi connectivity index (χ1) is 14.3. The number of hydrogen-bond donors (Lipinski definition) is 1. The second-order valence-corrected chi connectivity index (χ2v) is 8.82. The van der Waals surface area contributed by atoms with Crippen LogP contribution >= 0.6 is 22.9 Å². The van der Waals surface area contributed by atoms with Crippen LogP contribution in [0.15, 0.2) is 23.0 Å². The van der Waals surface area contributed by atoms with Crippen molar-refractivity contribution in [2.24, 2.45) is 0 Å². The topological polar surface area (TPSA) is 109 Å². The number of thiophene rings is 1. The molecule has 30 heavy (non-hydrogen) atoms. The van der Waals surface area contributed by atoms with Crippen molar-refractivity contribution in [2.75, 3.05) is 7.05 Å². The van der Waals surface area contributed by atoms with Crippen LogP contribution in [0.4, 0.5) is 5.69 Å². The van der Waals surface area contributed by atoms with Gasteiger partial charge in [0.05, 0.1) is 10.3 Å². The zero-order valence-electron chi connectivity index (χ0n) is 16.2. The van der Waals surface area contributed by atoms with E-state index in [1.165, 1.54) is 28.0 Å². The Morgan fingerprint density at radius 3 is 2.97 bits per heavy atom. The first kappa shape index (κ1) is 20.5. The molecule has 1 amide bonds. The summed E-state index contributed by atoms with van der Waals surface area (Å²) in [4.78, 5) is 46.3. The van der Waals surface area contributed by atoms with Gasteiger partial charge in [0.1, 0.15) is 10.7 Å². The Morgan fingerprint density at radius 2 is 2.20 bits per heavy atom. The van der Waals surface area contributed by atoms with E-state index in [0.29, 0.717) is 28.2 Å². The standard InChI is InChI=1S/C20H19ClN4O4S/c1-24(10-11-9-12(25(28)29)5-6-14(11)21)17(26)8-7-16-22-19(27)18-13-3-2-4-15(13)30-20(18)23-16/h5-6,9H,2-4,7-8,10H2,1H3,(H,22,23,27). The maximum absolute atomic E-state index is 12.5. The van der Waals surface area contributed by atoms with Crippen molar-refractivity contribution >= 4 is 44.7 Å². The molecule has 0 bridgehead atoms. The number of carbonyl (C=O) groups excluding carboxylic acids is 1. The van der Waals surface area contributed by atoms with E-state index in [4.69, 9.17) is 11.6 Å². The van der Waals surface area contributed by atoms with Gasteiger partial charge in [0.15, 0.2) is 0 Å². The number of aryl methyl sites for hydroxylation is 3. The number of carbonyl (C=O) groups is 1. The molecular formula is C20H19ClN4O4S. The van der Waals surface area contributed by atoms with Gasteiger partial charge in [0.25, 0.3) is 11.2 Å². The lowest BCUT2D eigenvalue weighted by Gasteiger charge is -2.18. The number of nitro groups is 1. The number of nitro benzene ring substituents is 1. The van der Waals surface area contributed by atoms with Gasteiger partial charge in [-0.3, -0.25) is 19.7 Å². The fourth-order valence-corrected chi connectivity index (χ4v) is 5.18. The van der Waals surface area contributed by atoms with Gasteiger partial charge >= 0.3 is 0 Å². The highest BCUT2D eigenvalue weighted by Crippen LogP contribution is 2.34. The summed E-state index contributed by atoms with van der Waals surface area (Å²) in [7, 11) is 1.61. The Kier molecular flexibility index (Phi) is 5.57. The van der Waals surface area contributed by atoms with Crippen molar-refractivity contribution in [3.8, 4) is 0 Å². The second-order valence-electron chi connectivity index (χ2n) is 7.33. The van der Waals surface area contributed by atoms with Gasteiger partial charge in [-0.2, -0.15) is 0 Å². The van der Waals surface area contributed by atoms with E-state index in [-0.39, 0.29) is 30.1 Å². The quantitative estimate of drug-likeness (QED) is 0.459. The summed E-state index contributed by atoms with van der Waals surface area (Å²) in [6.07, 6.45) is 3.45. The van der Waals surface area contributed by atoms with Gasteiger partial charge in [-0.1, -0.05) is 11.6 Å². The fraction of sp³-hybridized carbons (Fsp3) is 0.350. The second kappa shape index (κ2) is 8.16. The molecule has 0 aliphatic heterocycles. The van der Waals surface area contributed by atoms with E-state index in [1.807, 2.05) is 0 Å². The molecule has 156 valence electrons. The van der Waals surface area contributed by atoms with Crippen LogP contribution < -0.4 is 5.56 Å². The molecule has 1 aliphatic rings. The van der Waals surface area contributed by atoms with Crippen LogP contribution in [0.2, 0.25) is 5.02 Å². The maximum atomic E-state index is 12.5. The number of rotatable bonds is 6. The van der Waals surface area contributed by atoms with Gasteiger partial charge in [-0.25, -0.2) is 4.98 Å². The van der Waals surface area contributed by atoms with E-state index in [1.54, 1.807) is 18.4 Å². The molecule has 8 nitrogen and oxygen atoms in total. The van der Waals surface area contributed by atoms with Crippen molar-refractivity contribution in [3.63, 3.8) is 0 Å². The number of hydrogen-bond acceptors (Lipinski definition) is 6. The SMILES string of the molecule is CN(Cc1cc([N+](=O)[O-])ccc1Cl)C(=O)CCc1nc2sc3c(c2c(=O)[nH]1)CCC3. The highest BCUT2D eigenvalue weighted by molar-refractivity contribution is 7.18. The predicted octanol–water partition coefficient (Wildman–Crippen LogP) is 3.63. The minimum Gasteiger partial charge on any atom is -0.341 e. The summed E-state index contributed by atoms with van der Waals surface area (Å²) in [5, 5.41) is 12.0. The number of nitrogens with zero attached hydrogens (tertiary/aromatic N) is 3. The predicted molar refractivity (Wildman–Crippen MR) is 115 cm³/mol. The molecule has 0 saturated carbocycles. The van der Waals surface area contributed by atoms with Crippen LogP contribution in [-0.4, -0.2) is 32.7 Å². The molecule has 1 N–H and O–H groups in total. The Morgan fingerprint density at radius 1 is 1.40 bits per heavy atom. The van der Waals surface area contributed by atoms with Crippen LogP contribution in [0.3, 0.4) is 0 Å². The van der Waals surface area contributed by atoms with Crippen molar-refractivity contribution < 1.29 is 9.72 Å². The van der Waals surface area contributed by atoms with Crippen LogP contribution in [0.5, 0.6) is 0 Å². The fourth-order valence-electron chi connectivity index (χ4n) is 3.72. The molecular weight excluding hydrogens is 428 g/mol. The molecule has 0 fully saturated rings. The molecule has 2 heterocycles. The minimum absolute atomic E-state index is 0.0758. The Balaban J connectivity index is 1.44. The smallest absolute Gasteiger partial charge is 0.269 e. The van der Waals surface area contributed by atoms with Crippen molar-refractivity contribution in [1.29, 1.82) is 0 Å². The van der Waals surface area contributed by atoms with E-state index in [2.05, 4.69) is 9.97 Å². The molecule has 4 rings (SSSR count). The van der Waals surface area contributed by atoms with E-state index in [9.17, 15) is 19.7 Å². The normalized spacial score (nSPS) is 12.9. The van der Waals surface area contributed by atoms with E-state index in [0.717, 1.165) is 29.7 Å². The van der Waals surface area contributed by atoms with Crippen molar-refractivity contribution in [1.82, 2.24) is 14.9 Å². The first-order valence-electron chi connectivity index (χ1n) is 9.53. The third kappa shape index (κ3) is 3.95. The molecule has 0 radical (unpaired) electrons. The van der Waals surface area contributed by atoms with Crippen LogP contribution in [0.25, 0.3) is 10.2 Å². The van der Waals surface area contributed by atoms with Crippen molar-refractivity contribution in [2.45, 2.75) is 38.6 Å². The van der Waals surface area contributed by atoms with Gasteiger partial charge in [-0.15, -0.1) is 11.3 Å². The summed E-state index contributed by atoms with van der Waals surface area (Å²) in [6, 6.07) is 4.15. The lowest BCUT2D eigenvalue weighted by molar-refractivity contribution is -0.384. The molecule has 1 aromatic carbocycles. The number of halogens is 1. The Bertz CT molecular complexity index is 1220. The average Bonchev–Trinajstić information content (AvgIpc) is 3.28. The number of aromatic amines is 1. The summed E-state index contributed by atoms with van der Waals surface area (Å²) in [6.45, 7) is 0.153. The number of non-ortho nitro benzene ring substituents is 1. The van der Waals surface area contributed by atoms with Crippen molar-refractivity contribution in [3.05, 3.63) is 65.5 Å². The van der Waals surface area contributed by atoms with Crippen LogP contribution in [0.1, 0.15) is 34.7 Å². The molecule has 2 aromatic heterocycles. The largest absolute Gasteiger partial charge is 0.341 e. The number of nitrogens with one attached hydrogen (secondary N) is 1. The average molecular weight is 447 g/mol. The van der Waals surface area contributed by atoms with Crippen LogP contribution in [-0.2, 0) is 30.6 Å². The van der Waals surface area contributed by atoms with Gasteiger partial charge in [-0.05, 0) is 36.5 Å². The molecule has 0 atom stereocenters. The minimum atomic E-state index is -0.500. The Hall–Kier alpha value is -2.78. The lowest BCUT2D eigenvalue weighted by atomic mass is 10.1. The first-order valence-corrected chi connectivity index (χ1v) is 10.7. The molecule has 0 saturated heterocycles. The van der Waals surface area contributed by atoms with Crippen LogP contribution in [0, 0.1) is 10.1 Å². The Labute approximate surface area is 180 Å². The zero-order chi connectivity index (χ0) is 21.4. The maximum Gasteiger partial charge on any atom is 0.269 e. The monoisotopic (exact) mass is 446 g/mol. The van der Waals surface area contributed by atoms with Gasteiger partial charge in [0.2, 0.25) is 5.91 Å². The number of fused-ring (bicyclic) bond motifs is 3. The number of amides is 1. The number of H-pyrrole nitrogens is 1. The molecule has 0 spiro atoms. The summed E-state index contributed by atoms with van der Waals surface area (Å²) < 4.78 is 0. The van der Waals surface area contributed by atoms with Gasteiger partial charge in [0, 0.05) is 48.5 Å². The molecule has 0 unspecified atom stereocenters. The van der Waals surface area contributed by atoms with E-state index >= 15 is 0 Å². The summed E-state index contributed by atoms with van der Waals surface area (Å²) >= 11 is 7.68. The highest BCUT2D eigenvalue weighted by atomic mass is 35.5. The molecule has 3 aromatic rings. The molecule has 1 aliphatic carbocycles. The number of aromatic nitrogens is 2. The zero-order valence-corrected chi connectivity index (χ0v) is 17.8. The summed E-state index contributed by atoms with van der Waals surface area (Å²) in [5.41, 5.74) is 1.41. The molecule has 10 heteroatoms. The third-order valence-electron chi connectivity index (χ3n) is 5.27. The third-order valence-corrected chi connectivity index (χ3v) is 6.83.